The lowest BCUT2D eigenvalue weighted by molar-refractivity contribution is -0.127. The topological polar surface area (TPSA) is 105 Å². The first-order valence-corrected chi connectivity index (χ1v) is 6.47. The zero-order valence-electron chi connectivity index (χ0n) is 11.6. The molecule has 1 aliphatic heterocycles. The Labute approximate surface area is 124 Å². The first-order chi connectivity index (χ1) is 8.82. The average molecular weight is 305 g/mol. The van der Waals surface area contributed by atoms with Crippen LogP contribution in [0.3, 0.4) is 0 Å². The summed E-state index contributed by atoms with van der Waals surface area (Å²) in [6.45, 7) is 3.49. The van der Waals surface area contributed by atoms with Gasteiger partial charge in [0.1, 0.15) is 12.1 Å². The normalized spacial score (nSPS) is 22.1. The molecule has 1 atom stereocenters. The molecule has 1 aliphatic carbocycles. The number of nitrogens with one attached hydrogen (secondary N) is 2. The lowest BCUT2D eigenvalue weighted by Crippen LogP contribution is -2.50. The molecule has 4 amide bonds. The van der Waals surface area contributed by atoms with Crippen LogP contribution in [0.25, 0.3) is 0 Å². The van der Waals surface area contributed by atoms with Crippen LogP contribution in [0.2, 0.25) is 0 Å². The number of nitrogens with two attached hydrogens (primary N) is 1. The predicted octanol–water partition coefficient (Wildman–Crippen LogP) is -0.408. The molecule has 7 nitrogen and oxygen atoms in total. The van der Waals surface area contributed by atoms with Crippen molar-refractivity contribution in [2.75, 3.05) is 13.1 Å². The standard InChI is InChI=1S/C12H20N4O3.ClH/c1-12(2)10(18)15-11(19)16(12)6-9(17)14-5-8(13)7-3-4-7;/h7-8H,3-6,13H2,1-2H3,(H,14,17)(H,15,18,19);1H. The maximum absolute atomic E-state index is 11.8. The van der Waals surface area contributed by atoms with Crippen LogP contribution in [0, 0.1) is 5.92 Å². The van der Waals surface area contributed by atoms with E-state index in [2.05, 4.69) is 10.6 Å². The van der Waals surface area contributed by atoms with Gasteiger partial charge in [0.2, 0.25) is 5.91 Å². The van der Waals surface area contributed by atoms with Gasteiger partial charge in [-0.3, -0.25) is 14.9 Å². The molecule has 8 heteroatoms. The van der Waals surface area contributed by atoms with Gasteiger partial charge in [-0.25, -0.2) is 4.79 Å². The van der Waals surface area contributed by atoms with Gasteiger partial charge in [0, 0.05) is 12.6 Å². The molecule has 2 fully saturated rings. The van der Waals surface area contributed by atoms with Gasteiger partial charge >= 0.3 is 6.03 Å². The van der Waals surface area contributed by atoms with E-state index >= 15 is 0 Å². The van der Waals surface area contributed by atoms with E-state index in [1.807, 2.05) is 0 Å². The highest BCUT2D eigenvalue weighted by molar-refractivity contribution is 6.07. The van der Waals surface area contributed by atoms with Crippen molar-refractivity contribution >= 4 is 30.3 Å². The molecule has 0 aromatic rings. The van der Waals surface area contributed by atoms with Crippen molar-refractivity contribution in [2.24, 2.45) is 11.7 Å². The zero-order chi connectivity index (χ0) is 14.2. The molecule has 1 saturated heterocycles. The van der Waals surface area contributed by atoms with Gasteiger partial charge in [0.25, 0.3) is 5.91 Å². The Morgan fingerprint density at radius 1 is 1.50 bits per heavy atom. The summed E-state index contributed by atoms with van der Waals surface area (Å²) in [5.41, 5.74) is 4.88. The minimum absolute atomic E-state index is 0. The summed E-state index contributed by atoms with van der Waals surface area (Å²) in [6.07, 6.45) is 2.24. The smallest absolute Gasteiger partial charge is 0.325 e. The number of hydrogen-bond donors (Lipinski definition) is 3. The molecule has 0 aromatic heterocycles. The summed E-state index contributed by atoms with van der Waals surface area (Å²) in [5.74, 6) is -0.178. The van der Waals surface area contributed by atoms with Crippen molar-refractivity contribution in [3.05, 3.63) is 0 Å². The second kappa shape index (κ2) is 5.97. The van der Waals surface area contributed by atoms with Crippen molar-refractivity contribution in [3.63, 3.8) is 0 Å². The fraction of sp³-hybridized carbons (Fsp3) is 0.750. The number of urea groups is 1. The number of hydrogen-bond acceptors (Lipinski definition) is 4. The summed E-state index contributed by atoms with van der Waals surface area (Å²) in [6, 6.07) is -0.553. The number of carbonyl (C=O) groups is 3. The number of carbonyl (C=O) groups excluding carboxylic acids is 3. The Hall–Kier alpha value is -1.34. The van der Waals surface area contributed by atoms with E-state index in [9.17, 15) is 14.4 Å². The fourth-order valence-corrected chi connectivity index (χ4v) is 2.09. The maximum atomic E-state index is 11.8. The predicted molar refractivity (Wildman–Crippen MR) is 75.3 cm³/mol. The number of rotatable bonds is 5. The van der Waals surface area contributed by atoms with Crippen LogP contribution in [-0.4, -0.2) is 47.4 Å². The van der Waals surface area contributed by atoms with Crippen molar-refractivity contribution in [2.45, 2.75) is 38.3 Å². The van der Waals surface area contributed by atoms with E-state index in [0.717, 1.165) is 12.8 Å². The molecular formula is C12H21ClN4O3. The Morgan fingerprint density at radius 3 is 2.55 bits per heavy atom. The SMILES string of the molecule is CC1(C)C(=O)NC(=O)N1CC(=O)NCC(N)C1CC1.Cl. The zero-order valence-corrected chi connectivity index (χ0v) is 12.5. The molecule has 0 bridgehead atoms. The lowest BCUT2D eigenvalue weighted by Gasteiger charge is -2.27. The van der Waals surface area contributed by atoms with Crippen LogP contribution >= 0.6 is 12.4 Å². The molecule has 1 heterocycles. The van der Waals surface area contributed by atoms with E-state index in [-0.39, 0.29) is 36.8 Å². The van der Waals surface area contributed by atoms with Gasteiger partial charge in [0.15, 0.2) is 0 Å². The number of halogens is 1. The summed E-state index contributed by atoms with van der Waals surface area (Å²) in [4.78, 5) is 36.1. The second-order valence-electron chi connectivity index (χ2n) is 5.71. The third kappa shape index (κ3) is 3.40. The first-order valence-electron chi connectivity index (χ1n) is 6.47. The van der Waals surface area contributed by atoms with Gasteiger partial charge in [-0.2, -0.15) is 0 Å². The third-order valence-electron chi connectivity index (χ3n) is 3.76. The van der Waals surface area contributed by atoms with Crippen LogP contribution < -0.4 is 16.4 Å². The Balaban J connectivity index is 0.00000200. The summed E-state index contributed by atoms with van der Waals surface area (Å²) < 4.78 is 0. The summed E-state index contributed by atoms with van der Waals surface area (Å²) >= 11 is 0. The molecule has 0 aromatic carbocycles. The summed E-state index contributed by atoms with van der Waals surface area (Å²) in [7, 11) is 0. The van der Waals surface area contributed by atoms with Gasteiger partial charge < -0.3 is 16.0 Å². The molecule has 2 aliphatic rings. The number of nitrogens with zero attached hydrogens (tertiary/aromatic N) is 1. The first kappa shape index (κ1) is 16.7. The maximum Gasteiger partial charge on any atom is 0.325 e. The molecule has 4 N–H and O–H groups in total. The molecule has 1 saturated carbocycles. The van der Waals surface area contributed by atoms with Gasteiger partial charge in [-0.05, 0) is 32.6 Å². The van der Waals surface area contributed by atoms with Crippen molar-refractivity contribution in [3.8, 4) is 0 Å². The Bertz CT molecular complexity index is 423. The van der Waals surface area contributed by atoms with Crippen molar-refractivity contribution in [1.29, 1.82) is 0 Å². The largest absolute Gasteiger partial charge is 0.353 e. The minimum Gasteiger partial charge on any atom is -0.353 e. The van der Waals surface area contributed by atoms with Gasteiger partial charge in [0.05, 0.1) is 0 Å². The molecule has 0 spiro atoms. The van der Waals surface area contributed by atoms with E-state index < -0.39 is 11.6 Å². The van der Waals surface area contributed by atoms with Crippen molar-refractivity contribution in [1.82, 2.24) is 15.5 Å². The van der Waals surface area contributed by atoms with E-state index in [4.69, 9.17) is 5.73 Å². The summed E-state index contributed by atoms with van der Waals surface area (Å²) in [5, 5.41) is 4.91. The highest BCUT2D eigenvalue weighted by Gasteiger charge is 2.46. The van der Waals surface area contributed by atoms with E-state index in [1.54, 1.807) is 13.8 Å². The van der Waals surface area contributed by atoms with Crippen LogP contribution in [0.15, 0.2) is 0 Å². The third-order valence-corrected chi connectivity index (χ3v) is 3.76. The van der Waals surface area contributed by atoms with Crippen LogP contribution in [-0.2, 0) is 9.59 Å². The van der Waals surface area contributed by atoms with Crippen LogP contribution in [0.5, 0.6) is 0 Å². The highest BCUT2D eigenvalue weighted by atomic mass is 35.5. The van der Waals surface area contributed by atoms with Crippen molar-refractivity contribution < 1.29 is 14.4 Å². The van der Waals surface area contributed by atoms with Crippen LogP contribution in [0.1, 0.15) is 26.7 Å². The Kier molecular flexibility index (Phi) is 4.99. The number of amides is 4. The van der Waals surface area contributed by atoms with Gasteiger partial charge in [-0.15, -0.1) is 12.4 Å². The molecule has 20 heavy (non-hydrogen) atoms. The molecule has 114 valence electrons. The quantitative estimate of drug-likeness (QED) is 0.601. The number of imide groups is 1. The van der Waals surface area contributed by atoms with E-state index in [0.29, 0.717) is 12.5 Å². The molecule has 1 unspecified atom stereocenters. The van der Waals surface area contributed by atoms with Crippen LogP contribution in [0.4, 0.5) is 4.79 Å². The lowest BCUT2D eigenvalue weighted by atomic mass is 10.0. The molecular weight excluding hydrogens is 284 g/mol. The Morgan fingerprint density at radius 2 is 2.10 bits per heavy atom. The second-order valence-corrected chi connectivity index (χ2v) is 5.71. The monoisotopic (exact) mass is 304 g/mol. The van der Waals surface area contributed by atoms with Gasteiger partial charge in [-0.1, -0.05) is 0 Å². The fourth-order valence-electron chi connectivity index (χ4n) is 2.09. The average Bonchev–Trinajstić information content (AvgIpc) is 3.13. The minimum atomic E-state index is -0.993. The van der Waals surface area contributed by atoms with E-state index in [1.165, 1.54) is 4.90 Å². The highest BCUT2D eigenvalue weighted by Crippen LogP contribution is 2.31. The molecule has 2 rings (SSSR count). The molecule has 0 radical (unpaired) electrons.